The zero-order chi connectivity index (χ0) is 9.68. The van der Waals surface area contributed by atoms with Crippen LogP contribution in [-0.4, -0.2) is 27.3 Å². The Morgan fingerprint density at radius 1 is 1.77 bits per heavy atom. The molecule has 0 radical (unpaired) electrons. The van der Waals surface area contributed by atoms with E-state index in [4.69, 9.17) is 0 Å². The molecule has 0 unspecified atom stereocenters. The maximum absolute atomic E-state index is 11.4. The van der Waals surface area contributed by atoms with Gasteiger partial charge in [0.2, 0.25) is 0 Å². The van der Waals surface area contributed by atoms with E-state index in [0.29, 0.717) is 12.2 Å². The predicted octanol–water partition coefficient (Wildman–Crippen LogP) is 0.935. The van der Waals surface area contributed by atoms with Crippen molar-refractivity contribution >= 4 is 21.8 Å². The minimum Gasteiger partial charge on any atom is -0.351 e. The normalized spacial score (nSPS) is 10.0. The number of carbonyl (C=O) groups is 1. The summed E-state index contributed by atoms with van der Waals surface area (Å²) in [6, 6.07) is 0. The van der Waals surface area contributed by atoms with Crippen molar-refractivity contribution in [1.82, 2.24) is 14.9 Å². The third kappa shape index (κ3) is 2.84. The van der Waals surface area contributed by atoms with Crippen LogP contribution in [0.1, 0.15) is 16.9 Å². The van der Waals surface area contributed by atoms with Crippen molar-refractivity contribution in [3.63, 3.8) is 0 Å². The van der Waals surface area contributed by atoms with Crippen LogP contribution in [0.2, 0.25) is 0 Å². The summed E-state index contributed by atoms with van der Waals surface area (Å²) in [4.78, 5) is 15.3. The highest BCUT2D eigenvalue weighted by Gasteiger charge is 2.07. The highest BCUT2D eigenvalue weighted by atomic mass is 79.9. The molecule has 0 aliphatic carbocycles. The molecule has 0 aromatic carbocycles. The lowest BCUT2D eigenvalue weighted by Crippen LogP contribution is -2.26. The van der Waals surface area contributed by atoms with E-state index in [0.717, 1.165) is 11.8 Å². The first-order valence-electron chi connectivity index (χ1n) is 4.06. The zero-order valence-corrected chi connectivity index (χ0v) is 9.04. The molecule has 1 rings (SSSR count). The minimum absolute atomic E-state index is 0.0686. The van der Waals surface area contributed by atoms with Gasteiger partial charge in [-0.2, -0.15) is 0 Å². The molecule has 1 aromatic heterocycles. The number of carbonyl (C=O) groups excluding carboxylic acids is 1. The number of hydrogen-bond acceptors (Lipinski definition) is 2. The largest absolute Gasteiger partial charge is 0.351 e. The molecular weight excluding hydrogens is 234 g/mol. The lowest BCUT2D eigenvalue weighted by molar-refractivity contribution is 0.0945. The lowest BCUT2D eigenvalue weighted by Gasteiger charge is -2.03. The number of imidazole rings is 1. The maximum atomic E-state index is 11.4. The smallest absolute Gasteiger partial charge is 0.269 e. The number of rotatable bonds is 4. The van der Waals surface area contributed by atoms with E-state index in [9.17, 15) is 4.79 Å². The number of nitrogens with one attached hydrogen (secondary N) is 1. The first-order chi connectivity index (χ1) is 6.25. The Kier molecular flexibility index (Phi) is 3.95. The Morgan fingerprint density at radius 3 is 3.08 bits per heavy atom. The highest BCUT2D eigenvalue weighted by Crippen LogP contribution is 1.95. The molecule has 72 valence electrons. The Balaban J connectivity index is 2.45. The van der Waals surface area contributed by atoms with Crippen molar-refractivity contribution < 1.29 is 4.79 Å². The average molecular weight is 246 g/mol. The number of aryl methyl sites for hydroxylation is 1. The van der Waals surface area contributed by atoms with Gasteiger partial charge >= 0.3 is 0 Å². The van der Waals surface area contributed by atoms with Crippen LogP contribution in [0.15, 0.2) is 12.5 Å². The summed E-state index contributed by atoms with van der Waals surface area (Å²) < 4.78 is 1.70. The van der Waals surface area contributed by atoms with E-state index in [2.05, 4.69) is 26.2 Å². The van der Waals surface area contributed by atoms with Crippen molar-refractivity contribution in [2.45, 2.75) is 6.42 Å². The molecular formula is C8H12BrN3O. The van der Waals surface area contributed by atoms with Crippen LogP contribution in [0.5, 0.6) is 0 Å². The van der Waals surface area contributed by atoms with Crippen molar-refractivity contribution in [3.05, 3.63) is 18.2 Å². The molecule has 0 bridgehead atoms. The molecule has 1 N–H and O–H groups in total. The van der Waals surface area contributed by atoms with Gasteiger partial charge in [0, 0.05) is 18.9 Å². The molecule has 0 aliphatic heterocycles. The molecule has 1 heterocycles. The van der Waals surface area contributed by atoms with E-state index >= 15 is 0 Å². The maximum Gasteiger partial charge on any atom is 0.269 e. The van der Waals surface area contributed by atoms with Crippen LogP contribution in [0.25, 0.3) is 0 Å². The molecule has 0 atom stereocenters. The van der Waals surface area contributed by atoms with Crippen molar-refractivity contribution in [2.24, 2.45) is 7.05 Å². The lowest BCUT2D eigenvalue weighted by atomic mass is 10.4. The standard InChI is InChI=1S/C8H12BrN3O/c1-12-6-10-5-7(12)8(13)11-4-2-3-9/h5-6H,2-4H2,1H3,(H,11,13). The first-order valence-corrected chi connectivity index (χ1v) is 5.18. The third-order valence-corrected chi connectivity index (χ3v) is 2.21. The molecule has 1 amide bonds. The monoisotopic (exact) mass is 245 g/mol. The van der Waals surface area contributed by atoms with E-state index in [1.807, 2.05) is 0 Å². The third-order valence-electron chi connectivity index (χ3n) is 1.65. The minimum atomic E-state index is -0.0686. The molecule has 4 nitrogen and oxygen atoms in total. The second kappa shape index (κ2) is 5.01. The molecule has 1 aromatic rings. The zero-order valence-electron chi connectivity index (χ0n) is 7.46. The van der Waals surface area contributed by atoms with Gasteiger partial charge in [-0.05, 0) is 6.42 Å². The fraction of sp³-hybridized carbons (Fsp3) is 0.500. The molecule has 13 heavy (non-hydrogen) atoms. The van der Waals surface area contributed by atoms with Crippen molar-refractivity contribution in [1.29, 1.82) is 0 Å². The van der Waals surface area contributed by atoms with Crippen molar-refractivity contribution in [3.8, 4) is 0 Å². The fourth-order valence-corrected chi connectivity index (χ4v) is 1.22. The Bertz CT molecular complexity index is 285. The Labute approximate surface area is 85.5 Å². The van der Waals surface area contributed by atoms with Crippen LogP contribution in [0.3, 0.4) is 0 Å². The Morgan fingerprint density at radius 2 is 2.54 bits per heavy atom. The summed E-state index contributed by atoms with van der Waals surface area (Å²) in [5.74, 6) is -0.0686. The summed E-state index contributed by atoms with van der Waals surface area (Å²) in [5, 5.41) is 3.70. The van der Waals surface area contributed by atoms with Crippen LogP contribution in [-0.2, 0) is 7.05 Å². The summed E-state index contributed by atoms with van der Waals surface area (Å²) in [5.41, 5.74) is 0.592. The number of nitrogens with zero attached hydrogens (tertiary/aromatic N) is 2. The first kappa shape index (κ1) is 10.2. The number of alkyl halides is 1. The van der Waals surface area contributed by atoms with Gasteiger partial charge in [0.15, 0.2) is 0 Å². The van der Waals surface area contributed by atoms with Gasteiger partial charge in [-0.25, -0.2) is 4.98 Å². The van der Waals surface area contributed by atoms with Gasteiger partial charge < -0.3 is 9.88 Å². The predicted molar refractivity (Wildman–Crippen MR) is 54.0 cm³/mol. The number of halogens is 1. The van der Waals surface area contributed by atoms with Crippen LogP contribution in [0.4, 0.5) is 0 Å². The van der Waals surface area contributed by atoms with Gasteiger partial charge in [-0.1, -0.05) is 15.9 Å². The van der Waals surface area contributed by atoms with E-state index < -0.39 is 0 Å². The van der Waals surface area contributed by atoms with E-state index in [1.54, 1.807) is 24.1 Å². The van der Waals surface area contributed by atoms with Gasteiger partial charge in [0.25, 0.3) is 5.91 Å². The van der Waals surface area contributed by atoms with Gasteiger partial charge in [-0.15, -0.1) is 0 Å². The summed E-state index contributed by atoms with van der Waals surface area (Å²) >= 11 is 3.29. The molecule has 0 fully saturated rings. The number of amides is 1. The van der Waals surface area contributed by atoms with Gasteiger partial charge in [0.1, 0.15) is 5.69 Å². The summed E-state index contributed by atoms with van der Waals surface area (Å²) in [6.45, 7) is 0.690. The number of aromatic nitrogens is 2. The topological polar surface area (TPSA) is 46.9 Å². The molecule has 0 saturated carbocycles. The quantitative estimate of drug-likeness (QED) is 0.634. The molecule has 0 saturated heterocycles. The molecule has 0 spiro atoms. The van der Waals surface area contributed by atoms with E-state index in [-0.39, 0.29) is 5.91 Å². The summed E-state index contributed by atoms with van der Waals surface area (Å²) in [6.07, 6.45) is 4.10. The highest BCUT2D eigenvalue weighted by molar-refractivity contribution is 9.09. The van der Waals surface area contributed by atoms with Crippen molar-refractivity contribution in [2.75, 3.05) is 11.9 Å². The van der Waals surface area contributed by atoms with Crippen LogP contribution >= 0.6 is 15.9 Å². The second-order valence-electron chi connectivity index (χ2n) is 2.69. The average Bonchev–Trinajstić information content (AvgIpc) is 2.52. The SMILES string of the molecule is Cn1cncc1C(=O)NCCCBr. The second-order valence-corrected chi connectivity index (χ2v) is 3.48. The summed E-state index contributed by atoms with van der Waals surface area (Å²) in [7, 11) is 1.80. The molecule has 0 aliphatic rings. The van der Waals surface area contributed by atoms with Crippen LogP contribution in [0, 0.1) is 0 Å². The number of hydrogen-bond donors (Lipinski definition) is 1. The molecule has 5 heteroatoms. The van der Waals surface area contributed by atoms with Gasteiger partial charge in [-0.3, -0.25) is 4.79 Å². The fourth-order valence-electron chi connectivity index (χ4n) is 0.935. The van der Waals surface area contributed by atoms with Crippen LogP contribution < -0.4 is 5.32 Å². The Hall–Kier alpha value is -0.840. The van der Waals surface area contributed by atoms with Gasteiger partial charge in [0.05, 0.1) is 12.5 Å². The van der Waals surface area contributed by atoms with E-state index in [1.165, 1.54) is 0 Å².